The topological polar surface area (TPSA) is 55.6 Å². The Kier molecular flexibility index (Phi) is 5.76. The van der Waals surface area contributed by atoms with Crippen LogP contribution in [0.4, 0.5) is 0 Å². The molecule has 0 aliphatic carbocycles. The van der Waals surface area contributed by atoms with Crippen molar-refractivity contribution in [2.75, 3.05) is 26.7 Å². The molecule has 116 valence electrons. The van der Waals surface area contributed by atoms with Gasteiger partial charge in [0, 0.05) is 26.7 Å². The van der Waals surface area contributed by atoms with Gasteiger partial charge in [-0.05, 0) is 23.8 Å². The summed E-state index contributed by atoms with van der Waals surface area (Å²) in [5.74, 6) is 1.18. The van der Waals surface area contributed by atoms with E-state index in [0.29, 0.717) is 24.8 Å². The van der Waals surface area contributed by atoms with Crippen molar-refractivity contribution < 1.29 is 9.53 Å². The molecular formula is C17H26N2O2. The minimum atomic E-state index is -0.167. The van der Waals surface area contributed by atoms with Crippen LogP contribution in [0.1, 0.15) is 31.2 Å². The zero-order chi connectivity index (χ0) is 15.2. The van der Waals surface area contributed by atoms with Gasteiger partial charge >= 0.3 is 0 Å². The van der Waals surface area contributed by atoms with Crippen molar-refractivity contribution in [1.29, 1.82) is 0 Å². The van der Waals surface area contributed by atoms with Gasteiger partial charge in [-0.15, -0.1) is 0 Å². The first-order valence-corrected chi connectivity index (χ1v) is 7.71. The lowest BCUT2D eigenvalue weighted by Crippen LogP contribution is -2.44. The first-order valence-electron chi connectivity index (χ1n) is 7.71. The van der Waals surface area contributed by atoms with Crippen molar-refractivity contribution in [3.63, 3.8) is 0 Å². The molecule has 21 heavy (non-hydrogen) atoms. The van der Waals surface area contributed by atoms with Crippen LogP contribution < -0.4 is 5.73 Å². The van der Waals surface area contributed by atoms with Gasteiger partial charge in [-0.1, -0.05) is 37.3 Å². The molecule has 0 aromatic heterocycles. The molecule has 1 aliphatic rings. The van der Waals surface area contributed by atoms with E-state index in [2.05, 4.69) is 31.2 Å². The first kappa shape index (κ1) is 16.0. The Bertz CT molecular complexity index is 445. The molecule has 0 spiro atoms. The second-order valence-corrected chi connectivity index (χ2v) is 5.92. The van der Waals surface area contributed by atoms with Gasteiger partial charge in [0.15, 0.2) is 0 Å². The third-order valence-corrected chi connectivity index (χ3v) is 4.48. The predicted octanol–water partition coefficient (Wildman–Crippen LogP) is 2.00. The van der Waals surface area contributed by atoms with Gasteiger partial charge in [0.05, 0.1) is 12.5 Å². The third-order valence-electron chi connectivity index (χ3n) is 4.48. The molecule has 0 saturated carbocycles. The lowest BCUT2D eigenvalue weighted by atomic mass is 9.81. The summed E-state index contributed by atoms with van der Waals surface area (Å²) in [7, 11) is 1.61. The summed E-state index contributed by atoms with van der Waals surface area (Å²) in [6.45, 7) is 4.26. The van der Waals surface area contributed by atoms with Crippen LogP contribution in [0.2, 0.25) is 0 Å². The summed E-state index contributed by atoms with van der Waals surface area (Å²) in [6, 6.07) is 10.6. The number of ether oxygens (including phenoxy) is 1. The Morgan fingerprint density at radius 3 is 2.71 bits per heavy atom. The van der Waals surface area contributed by atoms with Gasteiger partial charge in [-0.2, -0.15) is 0 Å². The van der Waals surface area contributed by atoms with E-state index < -0.39 is 0 Å². The summed E-state index contributed by atoms with van der Waals surface area (Å²) >= 11 is 0. The number of rotatable bonds is 5. The number of likely N-dealkylation sites (tertiary alicyclic amines) is 1. The zero-order valence-electron chi connectivity index (χ0n) is 13.0. The number of hydrogen-bond acceptors (Lipinski definition) is 3. The maximum Gasteiger partial charge on any atom is 0.225 e. The van der Waals surface area contributed by atoms with Crippen molar-refractivity contribution >= 4 is 5.91 Å². The standard InChI is InChI=1S/C17H26N2O2/c1-13-12-19(17(20)10-15(11-18)21-2)9-8-16(13)14-6-4-3-5-7-14/h3-7,13,15-16H,8-12,18H2,1-2H3. The SMILES string of the molecule is COC(CN)CC(=O)N1CCC(c2ccccc2)C(C)C1. The maximum atomic E-state index is 12.3. The molecule has 2 rings (SSSR count). The number of nitrogens with two attached hydrogens (primary N) is 1. The monoisotopic (exact) mass is 290 g/mol. The Morgan fingerprint density at radius 1 is 1.43 bits per heavy atom. The van der Waals surface area contributed by atoms with Crippen molar-refractivity contribution in [2.45, 2.75) is 31.8 Å². The molecule has 3 atom stereocenters. The number of methoxy groups -OCH3 is 1. The number of hydrogen-bond donors (Lipinski definition) is 1. The summed E-state index contributed by atoms with van der Waals surface area (Å²) in [5.41, 5.74) is 6.97. The lowest BCUT2D eigenvalue weighted by Gasteiger charge is -2.37. The predicted molar refractivity (Wildman–Crippen MR) is 84.0 cm³/mol. The van der Waals surface area contributed by atoms with Gasteiger partial charge in [0.2, 0.25) is 5.91 Å². The minimum Gasteiger partial charge on any atom is -0.380 e. The molecule has 0 radical (unpaired) electrons. The number of amides is 1. The molecule has 1 aromatic rings. The first-order chi connectivity index (χ1) is 10.2. The Morgan fingerprint density at radius 2 is 2.14 bits per heavy atom. The van der Waals surface area contributed by atoms with Gasteiger partial charge in [-0.3, -0.25) is 4.79 Å². The van der Waals surface area contributed by atoms with Crippen molar-refractivity contribution in [3.05, 3.63) is 35.9 Å². The van der Waals surface area contributed by atoms with E-state index in [4.69, 9.17) is 10.5 Å². The van der Waals surface area contributed by atoms with Gasteiger partial charge in [-0.25, -0.2) is 0 Å². The zero-order valence-corrected chi connectivity index (χ0v) is 13.0. The van der Waals surface area contributed by atoms with Crippen LogP contribution in [0, 0.1) is 5.92 Å². The molecule has 1 aromatic carbocycles. The number of piperidine rings is 1. The highest BCUT2D eigenvalue weighted by atomic mass is 16.5. The molecule has 4 nitrogen and oxygen atoms in total. The fraction of sp³-hybridized carbons (Fsp3) is 0.588. The smallest absolute Gasteiger partial charge is 0.225 e. The van der Waals surface area contributed by atoms with E-state index in [0.717, 1.165) is 19.5 Å². The van der Waals surface area contributed by atoms with Crippen molar-refractivity contribution in [2.24, 2.45) is 11.7 Å². The highest BCUT2D eigenvalue weighted by Crippen LogP contribution is 2.32. The lowest BCUT2D eigenvalue weighted by molar-refractivity contribution is -0.135. The Hall–Kier alpha value is -1.39. The number of carbonyl (C=O) groups excluding carboxylic acids is 1. The Balaban J connectivity index is 1.93. The molecule has 0 bridgehead atoms. The molecule has 2 N–H and O–H groups in total. The second-order valence-electron chi connectivity index (χ2n) is 5.92. The molecule has 1 fully saturated rings. The van der Waals surface area contributed by atoms with Crippen LogP contribution in [-0.2, 0) is 9.53 Å². The average Bonchev–Trinajstić information content (AvgIpc) is 2.53. The van der Waals surface area contributed by atoms with Gasteiger partial charge in [0.1, 0.15) is 0 Å². The Labute approximate surface area is 127 Å². The van der Waals surface area contributed by atoms with Crippen LogP contribution in [-0.4, -0.2) is 43.7 Å². The van der Waals surface area contributed by atoms with E-state index in [1.807, 2.05) is 11.0 Å². The van der Waals surface area contributed by atoms with E-state index in [1.54, 1.807) is 7.11 Å². The van der Waals surface area contributed by atoms with Gasteiger partial charge < -0.3 is 15.4 Å². The summed E-state index contributed by atoms with van der Waals surface area (Å²) in [4.78, 5) is 14.3. The van der Waals surface area contributed by atoms with E-state index in [-0.39, 0.29) is 12.0 Å². The molecule has 1 amide bonds. The quantitative estimate of drug-likeness (QED) is 0.902. The van der Waals surface area contributed by atoms with E-state index in [9.17, 15) is 4.79 Å². The number of nitrogens with zero attached hydrogens (tertiary/aromatic N) is 1. The molecular weight excluding hydrogens is 264 g/mol. The fourth-order valence-electron chi connectivity index (χ4n) is 3.15. The average molecular weight is 290 g/mol. The van der Waals surface area contributed by atoms with E-state index in [1.165, 1.54) is 5.56 Å². The van der Waals surface area contributed by atoms with Gasteiger partial charge in [0.25, 0.3) is 0 Å². The normalized spacial score (nSPS) is 23.9. The molecule has 3 unspecified atom stereocenters. The summed E-state index contributed by atoms with van der Waals surface area (Å²) in [6.07, 6.45) is 1.24. The molecule has 1 saturated heterocycles. The highest BCUT2D eigenvalue weighted by Gasteiger charge is 2.30. The summed E-state index contributed by atoms with van der Waals surface area (Å²) in [5, 5.41) is 0. The molecule has 1 aliphatic heterocycles. The van der Waals surface area contributed by atoms with Crippen molar-refractivity contribution in [3.8, 4) is 0 Å². The maximum absolute atomic E-state index is 12.3. The second kappa shape index (κ2) is 7.57. The van der Waals surface area contributed by atoms with Crippen LogP contribution in [0.3, 0.4) is 0 Å². The van der Waals surface area contributed by atoms with E-state index >= 15 is 0 Å². The minimum absolute atomic E-state index is 0.158. The van der Waals surface area contributed by atoms with Crippen LogP contribution in [0.15, 0.2) is 30.3 Å². The summed E-state index contributed by atoms with van der Waals surface area (Å²) < 4.78 is 5.21. The fourth-order valence-corrected chi connectivity index (χ4v) is 3.15. The highest BCUT2D eigenvalue weighted by molar-refractivity contribution is 5.76. The molecule has 1 heterocycles. The third kappa shape index (κ3) is 4.05. The van der Waals surface area contributed by atoms with Crippen LogP contribution >= 0.6 is 0 Å². The number of carbonyl (C=O) groups is 1. The largest absolute Gasteiger partial charge is 0.380 e. The molecule has 4 heteroatoms. The number of benzene rings is 1. The van der Waals surface area contributed by atoms with Crippen molar-refractivity contribution in [1.82, 2.24) is 4.90 Å². The van der Waals surface area contributed by atoms with Crippen LogP contribution in [0.5, 0.6) is 0 Å². The van der Waals surface area contributed by atoms with Crippen LogP contribution in [0.25, 0.3) is 0 Å².